The van der Waals surface area contributed by atoms with Gasteiger partial charge < -0.3 is 9.84 Å². The molecular formula is C15H11NO3. The fraction of sp³-hybridized carbons (Fsp3) is 0.0667. The van der Waals surface area contributed by atoms with Crippen LogP contribution in [0.5, 0.6) is 11.5 Å². The summed E-state index contributed by atoms with van der Waals surface area (Å²) in [5.41, 5.74) is 2.05. The molecule has 0 radical (unpaired) electrons. The summed E-state index contributed by atoms with van der Waals surface area (Å²) in [6, 6.07) is 12.1. The number of carbonyl (C=O) groups excluding carboxylic acids is 1. The molecule has 19 heavy (non-hydrogen) atoms. The van der Waals surface area contributed by atoms with E-state index in [4.69, 9.17) is 10.00 Å². The molecular weight excluding hydrogens is 242 g/mol. The molecule has 94 valence electrons. The Hall–Kier alpha value is -2.80. The van der Waals surface area contributed by atoms with Crippen LogP contribution in [0.15, 0.2) is 36.4 Å². The predicted molar refractivity (Wildman–Crippen MR) is 70.2 cm³/mol. The molecule has 0 atom stereocenters. The molecule has 0 spiro atoms. The molecule has 0 unspecified atom stereocenters. The van der Waals surface area contributed by atoms with Crippen LogP contribution in [0.3, 0.4) is 0 Å². The highest BCUT2D eigenvalue weighted by Crippen LogP contribution is 2.36. The van der Waals surface area contributed by atoms with Gasteiger partial charge in [0.25, 0.3) is 0 Å². The van der Waals surface area contributed by atoms with Crippen molar-refractivity contribution >= 4 is 6.29 Å². The van der Waals surface area contributed by atoms with Crippen molar-refractivity contribution in [3.05, 3.63) is 47.5 Å². The highest BCUT2D eigenvalue weighted by molar-refractivity contribution is 5.92. The number of hydrogen-bond acceptors (Lipinski definition) is 4. The van der Waals surface area contributed by atoms with Crippen molar-refractivity contribution in [2.24, 2.45) is 0 Å². The van der Waals surface area contributed by atoms with Gasteiger partial charge in [0.15, 0.2) is 17.8 Å². The maximum atomic E-state index is 11.1. The number of aromatic hydroxyl groups is 1. The fourth-order valence-corrected chi connectivity index (χ4v) is 1.85. The molecule has 0 saturated carbocycles. The lowest BCUT2D eigenvalue weighted by Crippen LogP contribution is -1.92. The lowest BCUT2D eigenvalue weighted by atomic mass is 9.98. The number of phenolic OH excluding ortho intramolecular Hbond substituents is 1. The van der Waals surface area contributed by atoms with Gasteiger partial charge in [-0.3, -0.25) is 4.79 Å². The van der Waals surface area contributed by atoms with Crippen LogP contribution in [0.2, 0.25) is 0 Å². The third kappa shape index (κ3) is 2.26. The van der Waals surface area contributed by atoms with E-state index in [1.807, 2.05) is 6.07 Å². The number of phenols is 1. The molecule has 4 heteroatoms. The van der Waals surface area contributed by atoms with Crippen molar-refractivity contribution in [2.45, 2.75) is 0 Å². The maximum Gasteiger partial charge on any atom is 0.169 e. The quantitative estimate of drug-likeness (QED) is 0.854. The molecule has 2 aromatic carbocycles. The zero-order valence-electron chi connectivity index (χ0n) is 10.3. The summed E-state index contributed by atoms with van der Waals surface area (Å²) >= 11 is 0. The number of ether oxygens (including phenoxy) is 1. The van der Waals surface area contributed by atoms with E-state index in [2.05, 4.69) is 0 Å². The standard InChI is InChI=1S/C15H11NO3/c1-19-14-7-6-12(13(9-17)15(14)18)11-4-2-10(8-16)3-5-11/h2-7,9,18H,1H3. The van der Waals surface area contributed by atoms with Crippen molar-refractivity contribution in [3.63, 3.8) is 0 Å². The van der Waals surface area contributed by atoms with E-state index in [1.165, 1.54) is 7.11 Å². The van der Waals surface area contributed by atoms with Crippen LogP contribution in [0.25, 0.3) is 11.1 Å². The average Bonchev–Trinajstić information content (AvgIpc) is 2.47. The number of methoxy groups -OCH3 is 1. The first-order valence-electron chi connectivity index (χ1n) is 5.57. The van der Waals surface area contributed by atoms with E-state index in [-0.39, 0.29) is 17.1 Å². The largest absolute Gasteiger partial charge is 0.504 e. The summed E-state index contributed by atoms with van der Waals surface area (Å²) in [5, 5.41) is 18.7. The van der Waals surface area contributed by atoms with E-state index in [0.717, 1.165) is 5.56 Å². The van der Waals surface area contributed by atoms with Crippen LogP contribution in [-0.4, -0.2) is 18.5 Å². The Kier molecular flexibility index (Phi) is 3.48. The monoisotopic (exact) mass is 253 g/mol. The number of benzene rings is 2. The van der Waals surface area contributed by atoms with Crippen LogP contribution in [0.4, 0.5) is 0 Å². The Balaban J connectivity index is 2.58. The third-order valence-electron chi connectivity index (χ3n) is 2.84. The van der Waals surface area contributed by atoms with Crippen molar-refractivity contribution in [1.29, 1.82) is 5.26 Å². The molecule has 0 bridgehead atoms. The molecule has 2 rings (SSSR count). The van der Waals surface area contributed by atoms with Crippen LogP contribution in [-0.2, 0) is 0 Å². The van der Waals surface area contributed by atoms with Crippen molar-refractivity contribution in [2.75, 3.05) is 7.11 Å². The molecule has 0 aliphatic heterocycles. The number of rotatable bonds is 3. The first-order valence-corrected chi connectivity index (χ1v) is 5.57. The maximum absolute atomic E-state index is 11.1. The highest BCUT2D eigenvalue weighted by atomic mass is 16.5. The summed E-state index contributed by atoms with van der Waals surface area (Å²) in [6.45, 7) is 0. The fourth-order valence-electron chi connectivity index (χ4n) is 1.85. The summed E-state index contributed by atoms with van der Waals surface area (Å²) in [5.74, 6) is 0.0684. The van der Waals surface area contributed by atoms with Gasteiger partial charge >= 0.3 is 0 Å². The van der Waals surface area contributed by atoms with Gasteiger partial charge in [0, 0.05) is 0 Å². The molecule has 0 saturated heterocycles. The van der Waals surface area contributed by atoms with Crippen LogP contribution in [0.1, 0.15) is 15.9 Å². The van der Waals surface area contributed by atoms with Crippen LogP contribution >= 0.6 is 0 Å². The molecule has 0 fully saturated rings. The molecule has 0 heterocycles. The summed E-state index contributed by atoms with van der Waals surface area (Å²) in [7, 11) is 1.42. The lowest BCUT2D eigenvalue weighted by Gasteiger charge is -2.10. The van der Waals surface area contributed by atoms with Gasteiger partial charge in [0.2, 0.25) is 0 Å². The van der Waals surface area contributed by atoms with Crippen LogP contribution < -0.4 is 4.74 Å². The molecule has 0 aliphatic rings. The van der Waals surface area contributed by atoms with Crippen LogP contribution in [0, 0.1) is 11.3 Å². The Morgan fingerprint density at radius 1 is 1.21 bits per heavy atom. The van der Waals surface area contributed by atoms with E-state index >= 15 is 0 Å². The molecule has 0 aliphatic carbocycles. The second-order valence-corrected chi connectivity index (χ2v) is 3.88. The summed E-state index contributed by atoms with van der Waals surface area (Å²) in [4.78, 5) is 11.1. The minimum atomic E-state index is -0.181. The Labute approximate surface area is 110 Å². The second kappa shape index (κ2) is 5.23. The van der Waals surface area contributed by atoms with Gasteiger partial charge in [0.05, 0.1) is 24.3 Å². The van der Waals surface area contributed by atoms with E-state index in [9.17, 15) is 9.90 Å². The topological polar surface area (TPSA) is 70.3 Å². The number of aldehydes is 1. The number of carbonyl (C=O) groups is 1. The number of nitrogens with zero attached hydrogens (tertiary/aromatic N) is 1. The second-order valence-electron chi connectivity index (χ2n) is 3.88. The summed E-state index contributed by atoms with van der Waals surface area (Å²) < 4.78 is 4.96. The lowest BCUT2D eigenvalue weighted by molar-refractivity contribution is 0.112. The smallest absolute Gasteiger partial charge is 0.169 e. The number of hydrogen-bond donors (Lipinski definition) is 1. The van der Waals surface area contributed by atoms with E-state index in [0.29, 0.717) is 17.4 Å². The van der Waals surface area contributed by atoms with Gasteiger partial charge in [-0.05, 0) is 35.4 Å². The Morgan fingerprint density at radius 3 is 2.42 bits per heavy atom. The predicted octanol–water partition coefficient (Wildman–Crippen LogP) is 2.75. The third-order valence-corrected chi connectivity index (χ3v) is 2.84. The minimum absolute atomic E-state index is 0.170. The zero-order chi connectivity index (χ0) is 13.8. The van der Waals surface area contributed by atoms with Gasteiger partial charge in [0.1, 0.15) is 0 Å². The number of nitriles is 1. The Morgan fingerprint density at radius 2 is 1.89 bits per heavy atom. The molecule has 0 amide bonds. The van der Waals surface area contributed by atoms with Crippen molar-refractivity contribution < 1.29 is 14.6 Å². The molecule has 1 N–H and O–H groups in total. The van der Waals surface area contributed by atoms with Crippen molar-refractivity contribution in [3.8, 4) is 28.7 Å². The van der Waals surface area contributed by atoms with Gasteiger partial charge in [-0.25, -0.2) is 0 Å². The van der Waals surface area contributed by atoms with Gasteiger partial charge in [-0.1, -0.05) is 12.1 Å². The molecule has 4 nitrogen and oxygen atoms in total. The SMILES string of the molecule is COc1ccc(-c2ccc(C#N)cc2)c(C=O)c1O. The Bertz CT molecular complexity index is 654. The van der Waals surface area contributed by atoms with E-state index < -0.39 is 0 Å². The summed E-state index contributed by atoms with van der Waals surface area (Å²) in [6.07, 6.45) is 0.589. The normalized spacial score (nSPS) is 9.68. The molecule has 2 aromatic rings. The van der Waals surface area contributed by atoms with Crippen molar-refractivity contribution in [1.82, 2.24) is 0 Å². The van der Waals surface area contributed by atoms with E-state index in [1.54, 1.807) is 36.4 Å². The highest BCUT2D eigenvalue weighted by Gasteiger charge is 2.13. The van der Waals surface area contributed by atoms with Gasteiger partial charge in [-0.15, -0.1) is 0 Å². The zero-order valence-corrected chi connectivity index (χ0v) is 10.3. The first kappa shape index (κ1) is 12.7. The molecule has 0 aromatic heterocycles. The average molecular weight is 253 g/mol. The van der Waals surface area contributed by atoms with Gasteiger partial charge in [-0.2, -0.15) is 5.26 Å². The minimum Gasteiger partial charge on any atom is -0.504 e. The first-order chi connectivity index (χ1) is 9.21.